The van der Waals surface area contributed by atoms with Gasteiger partial charge in [-0.2, -0.15) is 0 Å². The normalized spacial score (nSPS) is 11.7. The molecule has 0 fully saturated rings. The lowest BCUT2D eigenvalue weighted by atomic mass is 10.2. The Morgan fingerprint density at radius 3 is 2.38 bits per heavy atom. The highest BCUT2D eigenvalue weighted by Gasteiger charge is 2.14. The van der Waals surface area contributed by atoms with Gasteiger partial charge in [-0.25, -0.2) is 13.4 Å². The number of rotatable bonds is 1. The number of nitrogens with zero attached hydrogens (tertiary/aromatic N) is 1. The Balaban J connectivity index is 3.50. The van der Waals surface area contributed by atoms with Crippen LogP contribution in [0.25, 0.3) is 0 Å². The maximum atomic E-state index is 11.2. The van der Waals surface area contributed by atoms with Crippen LogP contribution in [0, 0.1) is 13.8 Å². The van der Waals surface area contributed by atoms with Gasteiger partial charge in [-0.05, 0) is 41.4 Å². The van der Waals surface area contributed by atoms with E-state index in [0.717, 1.165) is 11.3 Å². The van der Waals surface area contributed by atoms with E-state index < -0.39 is 9.84 Å². The molecule has 0 amide bonds. The lowest BCUT2D eigenvalue weighted by molar-refractivity contribution is 0.600. The van der Waals surface area contributed by atoms with Gasteiger partial charge in [0.1, 0.15) is 4.60 Å². The first-order valence-electron chi connectivity index (χ1n) is 3.66. The summed E-state index contributed by atoms with van der Waals surface area (Å²) in [5.41, 5.74) is 1.71. The van der Waals surface area contributed by atoms with Crippen molar-refractivity contribution in [1.82, 2.24) is 4.98 Å². The molecule has 72 valence electrons. The van der Waals surface area contributed by atoms with E-state index >= 15 is 0 Å². The molecule has 5 heteroatoms. The van der Waals surface area contributed by atoms with Gasteiger partial charge in [0.05, 0.1) is 4.90 Å². The van der Waals surface area contributed by atoms with Crippen LogP contribution in [0.15, 0.2) is 15.6 Å². The Hall–Kier alpha value is -0.420. The van der Waals surface area contributed by atoms with E-state index in [1.807, 2.05) is 13.8 Å². The fourth-order valence-electron chi connectivity index (χ4n) is 0.911. The lowest BCUT2D eigenvalue weighted by Crippen LogP contribution is -2.02. The minimum atomic E-state index is -3.18. The van der Waals surface area contributed by atoms with Gasteiger partial charge in [0.25, 0.3) is 0 Å². The van der Waals surface area contributed by atoms with Gasteiger partial charge < -0.3 is 0 Å². The molecule has 13 heavy (non-hydrogen) atoms. The maximum absolute atomic E-state index is 11.2. The predicted molar refractivity (Wildman–Crippen MR) is 54.5 cm³/mol. The monoisotopic (exact) mass is 263 g/mol. The molecule has 0 saturated heterocycles. The van der Waals surface area contributed by atoms with E-state index in [9.17, 15) is 8.42 Å². The topological polar surface area (TPSA) is 47.0 Å². The van der Waals surface area contributed by atoms with E-state index in [2.05, 4.69) is 20.9 Å². The lowest BCUT2D eigenvalue weighted by Gasteiger charge is -2.05. The Labute approximate surface area is 86.2 Å². The first kappa shape index (κ1) is 10.7. The number of aryl methyl sites for hydroxylation is 2. The third-order valence-electron chi connectivity index (χ3n) is 1.79. The van der Waals surface area contributed by atoms with Crippen LogP contribution in [0.3, 0.4) is 0 Å². The number of halogens is 1. The molecule has 0 unspecified atom stereocenters. The number of sulfone groups is 1. The van der Waals surface area contributed by atoms with E-state index in [-0.39, 0.29) is 4.90 Å². The van der Waals surface area contributed by atoms with Crippen LogP contribution in [0.4, 0.5) is 0 Å². The van der Waals surface area contributed by atoms with E-state index in [4.69, 9.17) is 0 Å². The second-order valence-electron chi connectivity index (χ2n) is 2.95. The predicted octanol–water partition coefficient (Wildman–Crippen LogP) is 1.86. The smallest absolute Gasteiger partial charge is 0.178 e. The third-order valence-corrected chi connectivity index (χ3v) is 3.76. The molecule has 0 aromatic carbocycles. The Morgan fingerprint density at radius 1 is 1.38 bits per heavy atom. The fraction of sp³-hybridized carbons (Fsp3) is 0.375. The SMILES string of the molecule is Cc1cc(S(C)(=O)=O)c(Br)nc1C. The number of hydrogen-bond donors (Lipinski definition) is 0. The number of hydrogen-bond acceptors (Lipinski definition) is 3. The van der Waals surface area contributed by atoms with Gasteiger partial charge in [-0.1, -0.05) is 0 Å². The van der Waals surface area contributed by atoms with Gasteiger partial charge in [0.15, 0.2) is 9.84 Å². The summed E-state index contributed by atoms with van der Waals surface area (Å²) in [4.78, 5) is 4.32. The van der Waals surface area contributed by atoms with Crippen molar-refractivity contribution in [1.29, 1.82) is 0 Å². The molecule has 1 aromatic heterocycles. The summed E-state index contributed by atoms with van der Waals surface area (Å²) in [7, 11) is -3.18. The van der Waals surface area contributed by atoms with Crippen molar-refractivity contribution in [3.8, 4) is 0 Å². The molecule has 0 aliphatic heterocycles. The van der Waals surface area contributed by atoms with Crippen molar-refractivity contribution >= 4 is 25.8 Å². The zero-order chi connectivity index (χ0) is 10.2. The van der Waals surface area contributed by atoms with Crippen LogP contribution in [0.2, 0.25) is 0 Å². The molecule has 0 radical (unpaired) electrons. The average Bonchev–Trinajstić information content (AvgIpc) is 1.94. The highest BCUT2D eigenvalue weighted by atomic mass is 79.9. The summed E-state index contributed by atoms with van der Waals surface area (Å²) < 4.78 is 22.9. The summed E-state index contributed by atoms with van der Waals surface area (Å²) in [5, 5.41) is 0. The average molecular weight is 264 g/mol. The molecule has 0 aliphatic rings. The first-order chi connectivity index (χ1) is 5.82. The highest BCUT2D eigenvalue weighted by Crippen LogP contribution is 2.21. The molecule has 0 bridgehead atoms. The van der Waals surface area contributed by atoms with Crippen molar-refractivity contribution in [3.05, 3.63) is 21.9 Å². The van der Waals surface area contributed by atoms with Crippen molar-refractivity contribution in [2.45, 2.75) is 18.7 Å². The van der Waals surface area contributed by atoms with Crippen LogP contribution in [-0.4, -0.2) is 19.7 Å². The Bertz CT molecular complexity index is 440. The molecule has 0 atom stereocenters. The quantitative estimate of drug-likeness (QED) is 0.727. The van der Waals surface area contributed by atoms with E-state index in [1.54, 1.807) is 6.07 Å². The molecule has 0 aliphatic carbocycles. The molecule has 0 saturated carbocycles. The maximum Gasteiger partial charge on any atom is 0.178 e. The zero-order valence-electron chi connectivity index (χ0n) is 7.63. The first-order valence-corrected chi connectivity index (χ1v) is 6.34. The second-order valence-corrected chi connectivity index (χ2v) is 5.69. The standard InChI is InChI=1S/C8H10BrNO2S/c1-5-4-7(13(3,11)12)8(9)10-6(5)2/h4H,1-3H3. The largest absolute Gasteiger partial charge is 0.245 e. The molecule has 1 aromatic rings. The van der Waals surface area contributed by atoms with Crippen molar-refractivity contribution < 1.29 is 8.42 Å². The van der Waals surface area contributed by atoms with Crippen molar-refractivity contribution in [2.24, 2.45) is 0 Å². The summed E-state index contributed by atoms with van der Waals surface area (Å²) >= 11 is 3.13. The minimum Gasteiger partial charge on any atom is -0.245 e. The summed E-state index contributed by atoms with van der Waals surface area (Å²) in [6.07, 6.45) is 1.17. The van der Waals surface area contributed by atoms with Crippen LogP contribution >= 0.6 is 15.9 Å². The number of aromatic nitrogens is 1. The molecule has 3 nitrogen and oxygen atoms in total. The fourth-order valence-corrected chi connectivity index (χ4v) is 2.92. The van der Waals surface area contributed by atoms with Gasteiger partial charge >= 0.3 is 0 Å². The van der Waals surface area contributed by atoms with Crippen molar-refractivity contribution in [3.63, 3.8) is 0 Å². The molecule has 0 spiro atoms. The summed E-state index contributed by atoms with van der Waals surface area (Å²) in [5.74, 6) is 0. The third kappa shape index (κ3) is 2.28. The van der Waals surface area contributed by atoms with Crippen LogP contribution in [0.1, 0.15) is 11.3 Å². The molecule has 1 heterocycles. The van der Waals surface area contributed by atoms with E-state index in [0.29, 0.717) is 4.60 Å². The van der Waals surface area contributed by atoms with Crippen LogP contribution in [-0.2, 0) is 9.84 Å². The van der Waals surface area contributed by atoms with Crippen molar-refractivity contribution in [2.75, 3.05) is 6.26 Å². The van der Waals surface area contributed by atoms with Gasteiger partial charge in [-0.15, -0.1) is 0 Å². The Kier molecular flexibility index (Phi) is 2.77. The minimum absolute atomic E-state index is 0.246. The van der Waals surface area contributed by atoms with Gasteiger partial charge in [0.2, 0.25) is 0 Å². The molecular weight excluding hydrogens is 254 g/mol. The van der Waals surface area contributed by atoms with Crippen LogP contribution in [0.5, 0.6) is 0 Å². The van der Waals surface area contributed by atoms with Gasteiger partial charge in [-0.3, -0.25) is 0 Å². The Morgan fingerprint density at radius 2 is 1.92 bits per heavy atom. The van der Waals surface area contributed by atoms with E-state index in [1.165, 1.54) is 6.26 Å². The molecule has 1 rings (SSSR count). The van der Waals surface area contributed by atoms with Crippen LogP contribution < -0.4 is 0 Å². The number of pyridine rings is 1. The highest BCUT2D eigenvalue weighted by molar-refractivity contribution is 9.10. The molecule has 0 N–H and O–H groups in total. The van der Waals surface area contributed by atoms with Gasteiger partial charge in [0, 0.05) is 11.9 Å². The summed E-state index contributed by atoms with van der Waals surface area (Å²) in [6, 6.07) is 1.63. The second kappa shape index (κ2) is 3.38. The zero-order valence-corrected chi connectivity index (χ0v) is 10.0. The molecular formula is C8H10BrNO2S. The summed E-state index contributed by atoms with van der Waals surface area (Å²) in [6.45, 7) is 3.68.